The second-order valence-electron chi connectivity index (χ2n) is 12.2. The molecule has 1 aliphatic rings. The summed E-state index contributed by atoms with van der Waals surface area (Å²) in [6, 6.07) is 35.9. The maximum atomic E-state index is 11.6. The van der Waals surface area contributed by atoms with Crippen molar-refractivity contribution in [2.75, 3.05) is 6.54 Å². The minimum absolute atomic E-state index is 0. The lowest BCUT2D eigenvalue weighted by atomic mass is 9.99. The minimum atomic E-state index is -0.960. The summed E-state index contributed by atoms with van der Waals surface area (Å²) in [5.74, 6) is -0.960. The summed E-state index contributed by atoms with van der Waals surface area (Å²) < 4.78 is 5.13. The number of aryl methyl sites for hydroxylation is 1. The zero-order chi connectivity index (χ0) is 35.5. The van der Waals surface area contributed by atoms with Crippen LogP contribution in [0.25, 0.3) is 18.2 Å². The number of aliphatic carboxylic acids is 1. The van der Waals surface area contributed by atoms with Crippen LogP contribution in [0.4, 0.5) is 4.79 Å². The molecule has 0 radical (unpaired) electrons. The molecule has 3 N–H and O–H groups in total. The Bertz CT molecular complexity index is 1540. The van der Waals surface area contributed by atoms with Crippen molar-refractivity contribution in [3.05, 3.63) is 162 Å². The molecule has 2 atom stereocenters. The fraction of sp³-hybridized carbons (Fsp3) is 0.238. The molecule has 5 rings (SSSR count). The Balaban J connectivity index is 0.000000334. The zero-order valence-electron chi connectivity index (χ0n) is 29.1. The third kappa shape index (κ3) is 15.7. The summed E-state index contributed by atoms with van der Waals surface area (Å²) in [7, 11) is 0. The number of carboxylic acid groups (broad SMARTS) is 1. The van der Waals surface area contributed by atoms with Gasteiger partial charge in [-0.2, -0.15) is 0 Å². The van der Waals surface area contributed by atoms with E-state index in [9.17, 15) is 9.59 Å². The first-order valence-electron chi connectivity index (χ1n) is 16.0. The van der Waals surface area contributed by atoms with Crippen molar-refractivity contribution < 1.29 is 19.4 Å². The Hall–Kier alpha value is -4.91. The summed E-state index contributed by atoms with van der Waals surface area (Å²) >= 11 is 0. The first-order chi connectivity index (χ1) is 22.9. The van der Waals surface area contributed by atoms with Gasteiger partial charge in [0.05, 0.1) is 6.04 Å². The topological polar surface area (TPSA) is 92.9 Å². The Labute approximate surface area is 299 Å². The molecule has 7 heteroatoms. The number of nitrogens with zero attached hydrogens (tertiary/aromatic N) is 1. The molecule has 0 saturated carbocycles. The van der Waals surface area contributed by atoms with Crippen LogP contribution in [0.2, 0.25) is 0 Å². The number of nitrogens with two attached hydrogens (primary N) is 1. The molecule has 0 aliphatic carbocycles. The number of carbonyl (C=O) groups excluding carboxylic acids is 1. The van der Waals surface area contributed by atoms with Crippen molar-refractivity contribution in [1.29, 1.82) is 0 Å². The average molecular weight is 683 g/mol. The predicted octanol–water partition coefficient (Wildman–Crippen LogP) is 10.2. The number of amides is 1. The minimum Gasteiger partial charge on any atom is -0.480 e. The average Bonchev–Trinajstić information content (AvgIpc) is 3.61. The van der Waals surface area contributed by atoms with Gasteiger partial charge >= 0.3 is 12.1 Å². The van der Waals surface area contributed by atoms with Crippen LogP contribution in [0, 0.1) is 6.92 Å². The van der Waals surface area contributed by atoms with Crippen LogP contribution in [0.15, 0.2) is 129 Å². The molecular formula is C42H51ClN2O4. The van der Waals surface area contributed by atoms with Crippen LogP contribution in [0.1, 0.15) is 73.0 Å². The predicted molar refractivity (Wildman–Crippen MR) is 208 cm³/mol. The summed E-state index contributed by atoms with van der Waals surface area (Å²) in [6.45, 7) is 18.8. The smallest absolute Gasteiger partial charge is 0.411 e. The molecule has 1 saturated heterocycles. The third-order valence-corrected chi connectivity index (χ3v) is 7.20. The van der Waals surface area contributed by atoms with Crippen molar-refractivity contribution in [3.63, 3.8) is 0 Å². The number of benzene rings is 4. The van der Waals surface area contributed by atoms with Gasteiger partial charge in [0.15, 0.2) is 0 Å². The van der Waals surface area contributed by atoms with E-state index in [-0.39, 0.29) is 18.4 Å². The maximum absolute atomic E-state index is 11.6. The highest BCUT2D eigenvalue weighted by Gasteiger charge is 2.36. The molecule has 260 valence electrons. The molecule has 1 fully saturated rings. The normalized spacial score (nSPS) is 13.6. The Morgan fingerprint density at radius 1 is 0.776 bits per heavy atom. The first-order valence-corrected chi connectivity index (χ1v) is 16.0. The van der Waals surface area contributed by atoms with Crippen molar-refractivity contribution in [1.82, 2.24) is 4.90 Å². The molecule has 1 heterocycles. The highest BCUT2D eigenvalue weighted by molar-refractivity contribution is 5.85. The van der Waals surface area contributed by atoms with Crippen LogP contribution < -0.4 is 5.73 Å². The van der Waals surface area contributed by atoms with Gasteiger partial charge in [0.25, 0.3) is 0 Å². The van der Waals surface area contributed by atoms with E-state index in [2.05, 4.69) is 63.1 Å². The van der Waals surface area contributed by atoms with Gasteiger partial charge in [0.1, 0.15) is 11.6 Å². The van der Waals surface area contributed by atoms with Crippen LogP contribution in [-0.4, -0.2) is 40.3 Å². The van der Waals surface area contributed by atoms with E-state index < -0.39 is 23.7 Å². The van der Waals surface area contributed by atoms with E-state index in [4.69, 9.17) is 15.6 Å². The highest BCUT2D eigenvalue weighted by Crippen LogP contribution is 2.21. The highest BCUT2D eigenvalue weighted by atomic mass is 35.5. The van der Waals surface area contributed by atoms with Crippen molar-refractivity contribution in [3.8, 4) is 0 Å². The number of hydrogen-bond acceptors (Lipinski definition) is 4. The van der Waals surface area contributed by atoms with E-state index >= 15 is 0 Å². The molecule has 49 heavy (non-hydrogen) atoms. The molecule has 6 nitrogen and oxygen atoms in total. The standard InChI is InChI=1S/C14H15N.C10H17NO4.C10H10.C8H8.ClH/c1-11-7-9-13(10-8-11)14(15)12-5-3-2-4-6-12;1-10(2,3)15-9(14)11-6-4-5-7(11)8(12)13;1-3-9-5-7-10(4-2)8-6-9;1-2-8-6-4-3-5-7-8;/h2-10,14H,15H2,1H3;7H,4-6H2,1-3H3,(H,12,13);3-8H,1-2H2;2-7H,1H2;1H/t;7-;;;/m.0.../s1. The van der Waals surface area contributed by atoms with E-state index in [0.717, 1.165) is 28.7 Å². The Morgan fingerprint density at radius 3 is 1.61 bits per heavy atom. The fourth-order valence-electron chi connectivity index (χ4n) is 4.55. The van der Waals surface area contributed by atoms with E-state index in [1.54, 1.807) is 20.8 Å². The number of ether oxygens (including phenoxy) is 1. The molecule has 4 aromatic carbocycles. The van der Waals surface area contributed by atoms with Crippen molar-refractivity contribution in [2.24, 2.45) is 5.73 Å². The van der Waals surface area contributed by atoms with Gasteiger partial charge < -0.3 is 15.6 Å². The van der Waals surface area contributed by atoms with Crippen molar-refractivity contribution in [2.45, 2.75) is 58.2 Å². The molecular weight excluding hydrogens is 632 g/mol. The van der Waals surface area contributed by atoms with Crippen LogP contribution in [-0.2, 0) is 9.53 Å². The van der Waals surface area contributed by atoms with E-state index in [1.165, 1.54) is 16.0 Å². The monoisotopic (exact) mass is 682 g/mol. The second-order valence-corrected chi connectivity index (χ2v) is 12.2. The van der Waals surface area contributed by atoms with Crippen LogP contribution in [0.3, 0.4) is 0 Å². The van der Waals surface area contributed by atoms with Gasteiger partial charge in [-0.15, -0.1) is 12.4 Å². The SMILES string of the molecule is C=Cc1ccc(C=C)cc1.C=Cc1ccccc1.CC(C)(C)OC(=O)N1CCC[C@H]1C(=O)O.Cc1ccc(C(N)c2ccccc2)cc1.Cl. The maximum Gasteiger partial charge on any atom is 0.411 e. The van der Waals surface area contributed by atoms with Gasteiger partial charge in [-0.25, -0.2) is 9.59 Å². The molecule has 1 amide bonds. The molecule has 4 aromatic rings. The first kappa shape index (κ1) is 42.1. The number of carboxylic acids is 1. The Morgan fingerprint density at radius 2 is 1.20 bits per heavy atom. The second kappa shape index (κ2) is 21.9. The van der Waals surface area contributed by atoms with Gasteiger partial charge in [-0.1, -0.05) is 153 Å². The summed E-state index contributed by atoms with van der Waals surface area (Å²) in [5.41, 5.74) is 12.6. The summed E-state index contributed by atoms with van der Waals surface area (Å²) in [4.78, 5) is 23.7. The number of carbonyl (C=O) groups is 2. The van der Waals surface area contributed by atoms with Gasteiger partial charge in [0.2, 0.25) is 0 Å². The lowest BCUT2D eigenvalue weighted by Gasteiger charge is -2.26. The third-order valence-electron chi connectivity index (χ3n) is 7.20. The molecule has 1 aliphatic heterocycles. The number of likely N-dealkylation sites (tertiary alicyclic amines) is 1. The van der Waals surface area contributed by atoms with Crippen LogP contribution >= 0.6 is 12.4 Å². The molecule has 0 aromatic heterocycles. The quantitative estimate of drug-likeness (QED) is 0.211. The van der Waals surface area contributed by atoms with Crippen molar-refractivity contribution >= 4 is 42.7 Å². The van der Waals surface area contributed by atoms with Gasteiger partial charge in [-0.3, -0.25) is 4.90 Å². The van der Waals surface area contributed by atoms with Gasteiger partial charge in [-0.05, 0) is 68.4 Å². The lowest BCUT2D eigenvalue weighted by molar-refractivity contribution is -0.142. The fourth-order valence-corrected chi connectivity index (χ4v) is 4.55. The van der Waals surface area contributed by atoms with E-state index in [0.29, 0.717) is 13.0 Å². The zero-order valence-corrected chi connectivity index (χ0v) is 29.9. The number of hydrogen-bond donors (Lipinski definition) is 2. The van der Waals surface area contributed by atoms with Gasteiger partial charge in [0, 0.05) is 6.54 Å². The number of rotatable bonds is 6. The van der Waals surface area contributed by atoms with E-state index in [1.807, 2.05) is 91.0 Å². The largest absolute Gasteiger partial charge is 0.480 e. The molecule has 1 unspecified atom stereocenters. The summed E-state index contributed by atoms with van der Waals surface area (Å²) in [5, 5.41) is 8.88. The van der Waals surface area contributed by atoms with Crippen LogP contribution in [0.5, 0.6) is 0 Å². The molecule has 0 spiro atoms. The summed E-state index contributed by atoms with van der Waals surface area (Å²) in [6.07, 6.45) is 6.18. The molecule has 0 bridgehead atoms. The Kier molecular flexibility index (Phi) is 18.8. The number of halogens is 1. The lowest BCUT2D eigenvalue weighted by Crippen LogP contribution is -2.43.